The van der Waals surface area contributed by atoms with Crippen molar-refractivity contribution >= 4 is 10.2 Å². The molecule has 0 saturated carbocycles. The second-order valence-corrected chi connectivity index (χ2v) is 3.64. The molecule has 0 unspecified atom stereocenters. The predicted octanol–water partition coefficient (Wildman–Crippen LogP) is 1.39. The van der Waals surface area contributed by atoms with Crippen LogP contribution in [0.15, 0.2) is 16.7 Å². The van der Waals surface area contributed by atoms with Crippen LogP contribution in [0.25, 0.3) is 0 Å². The fraction of sp³-hybridized carbons (Fsp3) is 0.333. The topological polar surface area (TPSA) is 47.3 Å². The Hall–Kier alpha value is -0.840. The molecule has 62 valence electrons. The van der Waals surface area contributed by atoms with E-state index >= 15 is 0 Å². The molecular weight excluding hydrogens is 171 g/mol. The molecule has 0 fully saturated rings. The SMILES string of the molecule is Cc1coc(CS(=O)(=O)F)c1. The second kappa shape index (κ2) is 2.65. The number of halogens is 1. The smallest absolute Gasteiger partial charge is 0.309 e. The summed E-state index contributed by atoms with van der Waals surface area (Å²) in [5, 5.41) is 0. The fourth-order valence-electron chi connectivity index (χ4n) is 0.736. The van der Waals surface area contributed by atoms with E-state index in [4.69, 9.17) is 4.42 Å². The van der Waals surface area contributed by atoms with Crippen molar-refractivity contribution in [2.75, 3.05) is 0 Å². The Balaban J connectivity index is 2.81. The van der Waals surface area contributed by atoms with Crippen molar-refractivity contribution in [3.05, 3.63) is 23.7 Å². The van der Waals surface area contributed by atoms with Crippen LogP contribution in [0.3, 0.4) is 0 Å². The molecule has 0 aliphatic heterocycles. The molecule has 1 aromatic heterocycles. The summed E-state index contributed by atoms with van der Waals surface area (Å²) < 4.78 is 36.9. The first-order valence-electron chi connectivity index (χ1n) is 2.94. The number of hydrogen-bond donors (Lipinski definition) is 0. The molecule has 0 N–H and O–H groups in total. The number of rotatable bonds is 2. The van der Waals surface area contributed by atoms with Gasteiger partial charge in [-0.3, -0.25) is 0 Å². The van der Waals surface area contributed by atoms with Crippen molar-refractivity contribution in [1.29, 1.82) is 0 Å². The molecule has 0 aromatic carbocycles. The van der Waals surface area contributed by atoms with E-state index in [9.17, 15) is 12.3 Å². The van der Waals surface area contributed by atoms with Crippen LogP contribution in [-0.4, -0.2) is 8.42 Å². The predicted molar refractivity (Wildman–Crippen MR) is 37.2 cm³/mol. The summed E-state index contributed by atoms with van der Waals surface area (Å²) in [6.07, 6.45) is 1.38. The van der Waals surface area contributed by atoms with Crippen LogP contribution in [0.2, 0.25) is 0 Å². The zero-order valence-electron chi connectivity index (χ0n) is 5.87. The lowest BCUT2D eigenvalue weighted by atomic mass is 10.4. The van der Waals surface area contributed by atoms with Crippen molar-refractivity contribution in [3.63, 3.8) is 0 Å². The second-order valence-electron chi connectivity index (χ2n) is 2.27. The Morgan fingerprint density at radius 2 is 2.27 bits per heavy atom. The molecule has 0 saturated heterocycles. The largest absolute Gasteiger partial charge is 0.468 e. The van der Waals surface area contributed by atoms with Gasteiger partial charge in [-0.1, -0.05) is 0 Å². The lowest BCUT2D eigenvalue weighted by Crippen LogP contribution is -1.93. The first-order chi connectivity index (χ1) is 4.97. The Morgan fingerprint density at radius 3 is 2.64 bits per heavy atom. The molecule has 0 aliphatic carbocycles. The van der Waals surface area contributed by atoms with Gasteiger partial charge < -0.3 is 4.42 Å². The highest BCUT2D eigenvalue weighted by atomic mass is 32.3. The van der Waals surface area contributed by atoms with Gasteiger partial charge in [0.25, 0.3) is 0 Å². The van der Waals surface area contributed by atoms with Gasteiger partial charge in [0, 0.05) is 0 Å². The summed E-state index contributed by atoms with van der Waals surface area (Å²) in [4.78, 5) is 0. The van der Waals surface area contributed by atoms with Crippen LogP contribution >= 0.6 is 0 Å². The molecule has 1 aromatic rings. The van der Waals surface area contributed by atoms with E-state index in [1.165, 1.54) is 12.3 Å². The summed E-state index contributed by atoms with van der Waals surface area (Å²) >= 11 is 0. The maximum absolute atomic E-state index is 12.0. The molecule has 0 bridgehead atoms. The van der Waals surface area contributed by atoms with Gasteiger partial charge in [-0.2, -0.15) is 8.42 Å². The molecule has 1 rings (SSSR count). The lowest BCUT2D eigenvalue weighted by molar-refractivity contribution is 0.507. The monoisotopic (exact) mass is 178 g/mol. The van der Waals surface area contributed by atoms with E-state index in [2.05, 4.69) is 0 Å². The fourth-order valence-corrected chi connectivity index (χ4v) is 1.23. The van der Waals surface area contributed by atoms with E-state index in [0.29, 0.717) is 0 Å². The first-order valence-corrected chi connectivity index (χ1v) is 4.49. The van der Waals surface area contributed by atoms with Gasteiger partial charge in [0.15, 0.2) is 0 Å². The molecule has 11 heavy (non-hydrogen) atoms. The Kier molecular flexibility index (Phi) is 1.99. The molecule has 0 atom stereocenters. The van der Waals surface area contributed by atoms with Crippen LogP contribution in [-0.2, 0) is 16.0 Å². The number of aryl methyl sites for hydroxylation is 1. The number of furan rings is 1. The van der Waals surface area contributed by atoms with Crippen molar-refractivity contribution in [1.82, 2.24) is 0 Å². The highest BCUT2D eigenvalue weighted by Gasteiger charge is 2.11. The molecule has 0 amide bonds. The third-order valence-corrected chi connectivity index (χ3v) is 1.73. The molecular formula is C6H7FO3S. The number of hydrogen-bond acceptors (Lipinski definition) is 3. The minimum atomic E-state index is -4.46. The van der Waals surface area contributed by atoms with Gasteiger partial charge in [-0.05, 0) is 18.6 Å². The maximum Gasteiger partial charge on any atom is 0.309 e. The highest BCUT2D eigenvalue weighted by molar-refractivity contribution is 7.85. The maximum atomic E-state index is 12.0. The van der Waals surface area contributed by atoms with Crippen LogP contribution in [0.1, 0.15) is 11.3 Å². The normalized spacial score (nSPS) is 11.8. The van der Waals surface area contributed by atoms with Crippen molar-refractivity contribution in [2.24, 2.45) is 0 Å². The first kappa shape index (κ1) is 8.26. The average Bonchev–Trinajstić information content (AvgIpc) is 2.10. The van der Waals surface area contributed by atoms with Crippen LogP contribution < -0.4 is 0 Å². The standard InChI is InChI=1S/C6H7FO3S/c1-5-2-6(10-3-5)4-11(7,8)9/h2-3H,4H2,1H3. The lowest BCUT2D eigenvalue weighted by Gasteiger charge is -1.87. The molecule has 0 radical (unpaired) electrons. The summed E-state index contributed by atoms with van der Waals surface area (Å²) in [7, 11) is -4.46. The zero-order valence-corrected chi connectivity index (χ0v) is 6.69. The van der Waals surface area contributed by atoms with Crippen molar-refractivity contribution in [3.8, 4) is 0 Å². The third kappa shape index (κ3) is 2.71. The molecule has 0 spiro atoms. The summed E-state index contributed by atoms with van der Waals surface area (Å²) in [6, 6.07) is 1.48. The zero-order chi connectivity index (χ0) is 8.48. The van der Waals surface area contributed by atoms with Crippen molar-refractivity contribution in [2.45, 2.75) is 12.7 Å². The van der Waals surface area contributed by atoms with E-state index in [-0.39, 0.29) is 5.76 Å². The summed E-state index contributed by atoms with van der Waals surface area (Å²) in [5.41, 5.74) is 0.781. The molecule has 3 nitrogen and oxygen atoms in total. The summed E-state index contributed by atoms with van der Waals surface area (Å²) in [6.45, 7) is 1.73. The van der Waals surface area contributed by atoms with E-state index in [1.54, 1.807) is 6.92 Å². The van der Waals surface area contributed by atoms with Gasteiger partial charge >= 0.3 is 10.2 Å². The van der Waals surface area contributed by atoms with Gasteiger partial charge in [0.2, 0.25) is 0 Å². The Morgan fingerprint density at radius 1 is 1.64 bits per heavy atom. The molecule has 5 heteroatoms. The van der Waals surface area contributed by atoms with Crippen molar-refractivity contribution < 1.29 is 16.7 Å². The molecule has 1 heterocycles. The Bertz CT molecular complexity index is 338. The highest BCUT2D eigenvalue weighted by Crippen LogP contribution is 2.10. The van der Waals surface area contributed by atoms with Gasteiger partial charge in [-0.25, -0.2) is 0 Å². The van der Waals surface area contributed by atoms with E-state index in [1.807, 2.05) is 0 Å². The van der Waals surface area contributed by atoms with E-state index < -0.39 is 16.0 Å². The van der Waals surface area contributed by atoms with Crippen LogP contribution in [0.4, 0.5) is 3.89 Å². The van der Waals surface area contributed by atoms with Gasteiger partial charge in [0.1, 0.15) is 11.5 Å². The Labute approximate surface area is 64.0 Å². The van der Waals surface area contributed by atoms with E-state index in [0.717, 1.165) is 5.56 Å². The molecule has 0 aliphatic rings. The van der Waals surface area contributed by atoms with Crippen LogP contribution in [0.5, 0.6) is 0 Å². The quantitative estimate of drug-likeness (QED) is 0.643. The minimum absolute atomic E-state index is 0.130. The van der Waals surface area contributed by atoms with Gasteiger partial charge in [-0.15, -0.1) is 3.89 Å². The third-order valence-electron chi connectivity index (χ3n) is 1.10. The van der Waals surface area contributed by atoms with Gasteiger partial charge in [0.05, 0.1) is 6.26 Å². The summed E-state index contributed by atoms with van der Waals surface area (Å²) in [5.74, 6) is -0.550. The minimum Gasteiger partial charge on any atom is -0.468 e. The van der Waals surface area contributed by atoms with Crippen LogP contribution in [0, 0.1) is 6.92 Å². The average molecular weight is 178 g/mol.